The van der Waals surface area contributed by atoms with Crippen LogP contribution >= 0.6 is 23.2 Å². The van der Waals surface area contributed by atoms with Gasteiger partial charge in [0, 0.05) is 54.2 Å². The predicted octanol–water partition coefficient (Wildman–Crippen LogP) is 8.52. The second-order valence-electron chi connectivity index (χ2n) is 41.6. The number of methoxy groups -OCH3 is 4. The number of fused-ring (bicyclic) bond motifs is 4. The Kier molecular flexibility index (Phi) is 28.1. The first-order valence-corrected chi connectivity index (χ1v) is 50.3. The Morgan fingerprint density at radius 2 is 0.807 bits per heavy atom. The molecule has 20 aliphatic rings. The zero-order chi connectivity index (χ0) is 103. The highest BCUT2D eigenvalue weighted by molar-refractivity contribution is 6.32. The van der Waals surface area contributed by atoms with Crippen molar-refractivity contribution in [2.24, 2.45) is 71.0 Å². The number of halogens is 2. The zero-order valence-electron chi connectivity index (χ0n) is 84.0. The molecular weight excluding hydrogens is 1860 g/mol. The third-order valence-corrected chi connectivity index (χ3v) is 34.7. The number of allylic oxidation sites excluding steroid dienone is 5. The van der Waals surface area contributed by atoms with Gasteiger partial charge in [-0.2, -0.15) is 20.3 Å². The molecule has 6 saturated heterocycles. The number of ether oxygens (including phenoxy) is 12. The number of benzene rings is 4. The minimum atomic E-state index is -2.80. The molecule has 0 radical (unpaired) electrons. The van der Waals surface area contributed by atoms with Gasteiger partial charge in [-0.25, -0.2) is 9.78 Å². The highest BCUT2D eigenvalue weighted by Crippen LogP contribution is 2.71. The van der Waals surface area contributed by atoms with Crippen LogP contribution in [0.4, 0.5) is 0 Å². The first-order valence-electron chi connectivity index (χ1n) is 52.6. The maximum absolute atomic E-state index is 10.5. The first-order chi connectivity index (χ1) is 69.9. The largest absolute Gasteiger partial charge is 0.496 e. The van der Waals surface area contributed by atoms with Gasteiger partial charge in [0.05, 0.1) is 70.0 Å². The lowest BCUT2D eigenvalue weighted by atomic mass is 9.47. The van der Waals surface area contributed by atoms with E-state index >= 15 is 0 Å². The minimum absolute atomic E-state index is 0.00600. The molecule has 4 aromatic rings. The van der Waals surface area contributed by atoms with Crippen molar-refractivity contribution < 1.29 is 166 Å². The van der Waals surface area contributed by atoms with Gasteiger partial charge in [-0.3, -0.25) is 0 Å². The first kappa shape index (κ1) is 94.2. The Morgan fingerprint density at radius 3 is 1.28 bits per heavy atom. The van der Waals surface area contributed by atoms with Crippen molar-refractivity contribution in [1.82, 2.24) is 0 Å². The van der Waals surface area contributed by atoms with E-state index in [0.717, 1.165) is 132 Å². The molecule has 10 saturated carbocycles. The van der Waals surface area contributed by atoms with Crippen molar-refractivity contribution in [2.75, 3.05) is 54.7 Å². The van der Waals surface area contributed by atoms with Crippen LogP contribution in [-0.2, 0) is 69.0 Å². The molecule has 0 amide bonds. The maximum Gasteiger partial charge on any atom is 0.261 e. The molecule has 140 heavy (non-hydrogen) atoms. The van der Waals surface area contributed by atoms with Crippen LogP contribution in [0.25, 0.3) is 11.5 Å². The highest BCUT2D eigenvalue weighted by atomic mass is 35.5. The van der Waals surface area contributed by atoms with Crippen molar-refractivity contribution in [3.63, 3.8) is 0 Å². The quantitative estimate of drug-likeness (QED) is 0.0224. The van der Waals surface area contributed by atoms with Crippen LogP contribution in [-0.4, -0.2) is 270 Å². The fourth-order valence-corrected chi connectivity index (χ4v) is 28.1. The molecule has 6 aliphatic heterocycles. The van der Waals surface area contributed by atoms with Crippen LogP contribution in [0.2, 0.25) is 10.0 Å². The van der Waals surface area contributed by atoms with Gasteiger partial charge in [-0.05, 0) is 279 Å². The van der Waals surface area contributed by atoms with Crippen molar-refractivity contribution in [2.45, 2.75) is 313 Å². The predicted molar refractivity (Wildman–Crippen MR) is 494 cm³/mol. The smallest absolute Gasteiger partial charge is 0.261 e. The third-order valence-electron chi connectivity index (χ3n) is 34.1. The van der Waals surface area contributed by atoms with Gasteiger partial charge >= 0.3 is 0 Å². The van der Waals surface area contributed by atoms with Gasteiger partial charge in [0.15, 0.2) is 11.2 Å². The summed E-state index contributed by atoms with van der Waals surface area (Å²) in [5.41, 5.74) is 9.64. The normalized spacial score (nSPS) is 42.6. The van der Waals surface area contributed by atoms with Crippen LogP contribution in [0, 0.1) is 93.7 Å². The average Bonchev–Trinajstić information content (AvgIpc) is 0.664. The summed E-state index contributed by atoms with van der Waals surface area (Å²) in [5, 5.41) is 180. The Hall–Kier alpha value is -6.84. The molecule has 34 nitrogen and oxygen atoms in total. The van der Waals surface area contributed by atoms with Crippen LogP contribution in [0.15, 0.2) is 106 Å². The standard InChI is InChI=1S/C28H35NO9.C28H35NO7.C24H31ClO9.C24H31ClO7/c1-34-28(27(37-38-28)17-6-4-8-20(27)19-7-3-2-5-15(19)11-17)18-10-9-16(13-29)21(12-18)35-26-25(33)24(32)23(31)22(14-30)36-26;1-34-27(23-16-6-4-8-20(23)19-7-3-2-5-15(19)11-16)17-9-10-18(13-29)21(12-17)35-28-26(33)25(32)24(31)22(14-30)36-28;1-30-24(23(33-34-24)14-5-11-4-12(7-14)8-15(23)6-11)13-2-3-16(25)17(9-13)31-22-21(29)20(28)19(27)18(10-26)32-22;1-30-23(19-14-5-11-4-12(7-14)8-15(19)6-11)13-2-3-16(25)17(9-13)31-24-22(29)21(28)20(27)18(10-26)32-24/h9-10,12,17,20,22-26,30-33H,2-8,11,14H2,1H3;9-10,12,16,20,22,24-26,28,30-33H,2-8,11,14H2,1H3;2-3,9,11-12,14-15,18-22,26-29H,4-8,10H2,1H3;2-3,9,11-12,14-15,18,20-22,24,26-29H,4-8,10H2,1H3/b;27-23+;;/t17?,20?,22?,23-,24-,25?,26+,27?,28?;16?,20?,22?,24-,25-,26?,28+;11?,12?,14?,15?,18?,19-,20-,21?,22+,23?,24?;11?,12?,14?,15?,18?,20-,21-,22?,24+/m0000/s1/i;;2*1D3. The summed E-state index contributed by atoms with van der Waals surface area (Å²) in [6, 6.07) is 23.7. The molecule has 14 aliphatic carbocycles. The molecule has 2 spiro atoms. The number of hydrogen-bond donors (Lipinski definition) is 16. The molecule has 15 unspecified atom stereocenters. The average molecular weight is 2000 g/mol. The van der Waals surface area contributed by atoms with Gasteiger partial charge in [0.2, 0.25) is 25.2 Å². The number of nitriles is 2. The number of nitrogens with zero attached hydrogens (tertiary/aromatic N) is 2. The molecule has 4 aromatic carbocycles. The van der Waals surface area contributed by atoms with Gasteiger partial charge < -0.3 is 139 Å². The number of hydrogen-bond acceptors (Lipinski definition) is 34. The monoisotopic (exact) mass is 2000 g/mol. The third kappa shape index (κ3) is 17.8. The van der Waals surface area contributed by atoms with E-state index in [1.54, 1.807) is 85.5 Å². The van der Waals surface area contributed by atoms with E-state index in [1.807, 2.05) is 6.07 Å². The highest BCUT2D eigenvalue weighted by Gasteiger charge is 2.78. The maximum atomic E-state index is 10.5. The van der Waals surface area contributed by atoms with E-state index in [1.165, 1.54) is 74.6 Å². The molecule has 36 heteroatoms. The molecule has 27 atom stereocenters. The SMILES string of the molecule is CO/C(=C1\C2CCCC1C1=C(CCCC1)C2)c1ccc(C#N)c(O[C@@H]2OC(CO)[C@H](O)[C@H](O)C2O)c1.COC1(c2ccc(C#N)c(O[C@@H]3OC(CO)[C@H](O)[C@H](O)C3O)c2)OOC12C1CCCC2C2=C(CCCC2)C1.[2H]C([2H])([2H])OC(=C1C2CC3CC(C2)CC1C3)c1ccc(Cl)c(O[C@@H]2OC(CO)[C@H](O)[C@H](O)C2O)c1.[2H]C([2H])([2H])OC1(c2ccc(Cl)c(O[C@@H]3OC(CO)[C@H](O)[C@H](O)C3O)c2)OOC12C1CC3CC(C1)CC2C3. The summed E-state index contributed by atoms with van der Waals surface area (Å²) in [5.74, 6) is 3.00. The summed E-state index contributed by atoms with van der Waals surface area (Å²) in [4.78, 5) is 23.6. The second-order valence-corrected chi connectivity index (χ2v) is 42.4. The molecule has 16 N–H and O–H groups in total. The van der Waals surface area contributed by atoms with E-state index in [-0.39, 0.29) is 79.7 Å². The molecule has 24 rings (SSSR count). The topological polar surface area (TPSA) is 519 Å². The lowest BCUT2D eigenvalue weighted by Crippen LogP contribution is -2.76. The van der Waals surface area contributed by atoms with Crippen molar-refractivity contribution in [3.05, 3.63) is 150 Å². The lowest BCUT2D eigenvalue weighted by Gasteiger charge is -2.68. The van der Waals surface area contributed by atoms with Crippen LogP contribution in [0.3, 0.4) is 0 Å². The summed E-state index contributed by atoms with van der Waals surface area (Å²) in [6.45, 7) is -2.36. The van der Waals surface area contributed by atoms with E-state index in [9.17, 15) is 92.2 Å². The van der Waals surface area contributed by atoms with E-state index < -0.39 is 186 Å². The summed E-state index contributed by atoms with van der Waals surface area (Å²) >= 11 is 12.7. The molecule has 764 valence electrons. The second kappa shape index (κ2) is 41.8. The fraction of sp³-hybridized carbons (Fsp3) is 0.673. The molecule has 16 fully saturated rings. The fourth-order valence-electron chi connectivity index (χ4n) is 27.8. The molecular formula is C104H132Cl2N2O32. The van der Waals surface area contributed by atoms with Crippen molar-refractivity contribution in [3.8, 4) is 35.1 Å². The van der Waals surface area contributed by atoms with E-state index in [2.05, 4.69) is 12.1 Å². The minimum Gasteiger partial charge on any atom is -0.496 e. The van der Waals surface area contributed by atoms with Crippen molar-refractivity contribution >= 4 is 34.7 Å². The number of rotatable bonds is 20. The Morgan fingerprint density at radius 1 is 0.393 bits per heavy atom. The number of aliphatic hydroxyl groups is 16. The molecule has 0 aromatic heterocycles. The van der Waals surface area contributed by atoms with Crippen LogP contribution in [0.5, 0.6) is 23.0 Å². The Balaban J connectivity index is 0.000000123. The Bertz CT molecular complexity index is 5540. The zero-order valence-corrected chi connectivity index (χ0v) is 79.5. The molecule has 12 bridgehead atoms. The van der Waals surface area contributed by atoms with Crippen molar-refractivity contribution in [1.29, 1.82) is 10.5 Å². The van der Waals surface area contributed by atoms with Gasteiger partial charge in [-0.15, -0.1) is 0 Å². The number of aliphatic hydroxyl groups excluding tert-OH is 16. The van der Waals surface area contributed by atoms with Gasteiger partial charge in [-0.1, -0.05) is 70.5 Å². The van der Waals surface area contributed by atoms with Gasteiger partial charge in [0.25, 0.3) is 11.6 Å². The van der Waals surface area contributed by atoms with Crippen LogP contribution in [0.1, 0.15) is 209 Å². The Labute approximate surface area is 830 Å². The van der Waals surface area contributed by atoms with Gasteiger partial charge in [0.1, 0.15) is 144 Å². The van der Waals surface area contributed by atoms with E-state index in [4.69, 9.17) is 108 Å². The lowest BCUT2D eigenvalue weighted by molar-refractivity contribution is -0.645. The summed E-state index contributed by atoms with van der Waals surface area (Å²) in [7, 11) is -2.17. The van der Waals surface area contributed by atoms with Crippen LogP contribution < -0.4 is 18.9 Å². The molecule has 6 heterocycles. The summed E-state index contributed by atoms with van der Waals surface area (Å²) in [6.07, 6.45) is -0.717. The van der Waals surface area contributed by atoms with E-state index in [0.29, 0.717) is 58.0 Å². The summed E-state index contributed by atoms with van der Waals surface area (Å²) < 4.78 is 116.